The average Bonchev–Trinajstić information content (AvgIpc) is 2.70. The first-order chi connectivity index (χ1) is 13.5. The molecule has 0 radical (unpaired) electrons. The number of benzene rings is 1. The van der Waals surface area contributed by atoms with Crippen LogP contribution in [0.2, 0.25) is 0 Å². The van der Waals surface area contributed by atoms with Crippen LogP contribution in [0.1, 0.15) is 54.7 Å². The van der Waals surface area contributed by atoms with Gasteiger partial charge in [-0.1, -0.05) is 12.1 Å². The molecule has 0 aliphatic carbocycles. The third-order valence-electron chi connectivity index (χ3n) is 5.21. The minimum Gasteiger partial charge on any atom is -0.377 e. The predicted molar refractivity (Wildman–Crippen MR) is 113 cm³/mol. The molecule has 3 rings (SSSR count). The Morgan fingerprint density at radius 1 is 1.21 bits per heavy atom. The summed E-state index contributed by atoms with van der Waals surface area (Å²) in [5.74, 6) is -0.140. The first-order valence-electron chi connectivity index (χ1n) is 10.2. The van der Waals surface area contributed by atoms with Crippen molar-refractivity contribution < 1.29 is 9.53 Å². The molecule has 150 valence electrons. The van der Waals surface area contributed by atoms with Gasteiger partial charge in [-0.15, -0.1) is 0 Å². The van der Waals surface area contributed by atoms with E-state index in [1.165, 1.54) is 18.4 Å². The second-order valence-corrected chi connectivity index (χ2v) is 7.85. The van der Waals surface area contributed by atoms with E-state index in [1.807, 2.05) is 25.1 Å². The van der Waals surface area contributed by atoms with Crippen molar-refractivity contribution in [2.24, 2.45) is 0 Å². The van der Waals surface area contributed by atoms with Crippen molar-refractivity contribution in [1.82, 2.24) is 9.88 Å². The number of anilines is 1. The fourth-order valence-electron chi connectivity index (χ4n) is 3.40. The molecule has 5 heteroatoms. The van der Waals surface area contributed by atoms with Crippen LogP contribution < -0.4 is 5.32 Å². The van der Waals surface area contributed by atoms with Gasteiger partial charge in [0.1, 0.15) is 0 Å². The Morgan fingerprint density at radius 3 is 2.61 bits per heavy atom. The summed E-state index contributed by atoms with van der Waals surface area (Å²) in [6.07, 6.45) is 5.55. The first-order valence-corrected chi connectivity index (χ1v) is 10.2. The van der Waals surface area contributed by atoms with Crippen LogP contribution in [-0.2, 0) is 11.3 Å². The van der Waals surface area contributed by atoms with Gasteiger partial charge in [0.25, 0.3) is 5.91 Å². The summed E-state index contributed by atoms with van der Waals surface area (Å²) >= 11 is 0. The summed E-state index contributed by atoms with van der Waals surface area (Å²) in [6, 6.07) is 12.2. The lowest BCUT2D eigenvalue weighted by Crippen LogP contribution is -2.39. The van der Waals surface area contributed by atoms with Crippen molar-refractivity contribution in [3.63, 3.8) is 0 Å². The number of carbonyl (C=O) groups is 1. The molecule has 0 bridgehead atoms. The monoisotopic (exact) mass is 381 g/mol. The zero-order chi connectivity index (χ0) is 19.9. The van der Waals surface area contributed by atoms with Crippen molar-refractivity contribution in [1.29, 1.82) is 0 Å². The zero-order valence-corrected chi connectivity index (χ0v) is 17.1. The van der Waals surface area contributed by atoms with Gasteiger partial charge in [0.15, 0.2) is 0 Å². The number of rotatable bonds is 7. The van der Waals surface area contributed by atoms with Gasteiger partial charge < -0.3 is 10.1 Å². The summed E-state index contributed by atoms with van der Waals surface area (Å²) in [5, 5.41) is 2.93. The van der Waals surface area contributed by atoms with E-state index in [0.717, 1.165) is 37.5 Å². The molecule has 0 unspecified atom stereocenters. The van der Waals surface area contributed by atoms with E-state index in [9.17, 15) is 4.79 Å². The minimum atomic E-state index is -0.140. The maximum absolute atomic E-state index is 12.3. The number of hydrogen-bond acceptors (Lipinski definition) is 4. The highest BCUT2D eigenvalue weighted by atomic mass is 16.5. The van der Waals surface area contributed by atoms with E-state index < -0.39 is 0 Å². The number of amides is 1. The van der Waals surface area contributed by atoms with Crippen LogP contribution >= 0.6 is 0 Å². The summed E-state index contributed by atoms with van der Waals surface area (Å²) < 4.78 is 5.91. The topological polar surface area (TPSA) is 54.5 Å². The highest BCUT2D eigenvalue weighted by Gasteiger charge is 2.19. The molecule has 1 atom stereocenters. The number of pyridine rings is 1. The van der Waals surface area contributed by atoms with Gasteiger partial charge >= 0.3 is 0 Å². The van der Waals surface area contributed by atoms with Gasteiger partial charge in [-0.3, -0.25) is 14.7 Å². The SMILES string of the molecule is Cc1ccc(C(=O)Nc2ccc(CN(C[C@@H]3CCCCO3)C(C)C)cc2)cn1. The molecule has 1 amide bonds. The maximum atomic E-state index is 12.3. The molecule has 1 N–H and O–H groups in total. The molecule has 2 aromatic rings. The molecule has 1 fully saturated rings. The highest BCUT2D eigenvalue weighted by molar-refractivity contribution is 6.04. The van der Waals surface area contributed by atoms with E-state index in [0.29, 0.717) is 17.7 Å². The van der Waals surface area contributed by atoms with Gasteiger partial charge in [0.05, 0.1) is 11.7 Å². The van der Waals surface area contributed by atoms with Crippen molar-refractivity contribution in [2.75, 3.05) is 18.5 Å². The van der Waals surface area contributed by atoms with Crippen LogP contribution in [0.3, 0.4) is 0 Å². The number of nitrogens with zero attached hydrogens (tertiary/aromatic N) is 2. The van der Waals surface area contributed by atoms with Crippen molar-refractivity contribution in [3.05, 3.63) is 59.4 Å². The summed E-state index contributed by atoms with van der Waals surface area (Å²) in [5.41, 5.74) is 3.49. The average molecular weight is 382 g/mol. The smallest absolute Gasteiger partial charge is 0.257 e. The first kappa shape index (κ1) is 20.5. The predicted octanol–water partition coefficient (Wildman–Crippen LogP) is 4.42. The summed E-state index contributed by atoms with van der Waals surface area (Å²) in [7, 11) is 0. The van der Waals surface area contributed by atoms with Crippen molar-refractivity contribution >= 4 is 11.6 Å². The van der Waals surface area contributed by atoms with E-state index in [2.05, 4.69) is 41.2 Å². The van der Waals surface area contributed by atoms with Crippen LogP contribution in [0.5, 0.6) is 0 Å². The number of hydrogen-bond donors (Lipinski definition) is 1. The quantitative estimate of drug-likeness (QED) is 0.771. The third-order valence-corrected chi connectivity index (χ3v) is 5.21. The third kappa shape index (κ3) is 5.88. The Balaban J connectivity index is 1.57. The van der Waals surface area contributed by atoms with Crippen molar-refractivity contribution in [3.8, 4) is 0 Å². The van der Waals surface area contributed by atoms with Gasteiger partial charge in [-0.05, 0) is 69.9 Å². The lowest BCUT2D eigenvalue weighted by Gasteiger charge is -2.32. The zero-order valence-electron chi connectivity index (χ0n) is 17.1. The number of aryl methyl sites for hydroxylation is 1. The number of ether oxygens (including phenoxy) is 1. The van der Waals surface area contributed by atoms with Gasteiger partial charge in [0, 0.05) is 43.3 Å². The largest absolute Gasteiger partial charge is 0.377 e. The molecule has 0 spiro atoms. The second-order valence-electron chi connectivity index (χ2n) is 7.85. The Morgan fingerprint density at radius 2 is 2.00 bits per heavy atom. The number of nitrogens with one attached hydrogen (secondary N) is 1. The second kappa shape index (κ2) is 9.80. The lowest BCUT2D eigenvalue weighted by atomic mass is 10.1. The van der Waals surface area contributed by atoms with Gasteiger partial charge in [-0.25, -0.2) is 0 Å². The van der Waals surface area contributed by atoms with Crippen LogP contribution in [0.25, 0.3) is 0 Å². The van der Waals surface area contributed by atoms with Crippen molar-refractivity contribution in [2.45, 2.75) is 58.7 Å². The van der Waals surface area contributed by atoms with Crippen LogP contribution in [0.15, 0.2) is 42.6 Å². The van der Waals surface area contributed by atoms with Crippen LogP contribution in [0.4, 0.5) is 5.69 Å². The lowest BCUT2D eigenvalue weighted by molar-refractivity contribution is -0.0129. The fourth-order valence-corrected chi connectivity index (χ4v) is 3.40. The van der Waals surface area contributed by atoms with E-state index in [-0.39, 0.29) is 5.91 Å². The molecule has 1 aromatic carbocycles. The molecular formula is C23H31N3O2. The molecule has 1 aliphatic rings. The van der Waals surface area contributed by atoms with Gasteiger partial charge in [-0.2, -0.15) is 0 Å². The summed E-state index contributed by atoms with van der Waals surface area (Å²) in [6.45, 7) is 9.10. The van der Waals surface area contributed by atoms with E-state index >= 15 is 0 Å². The Hall–Kier alpha value is -2.24. The molecular weight excluding hydrogens is 350 g/mol. The molecule has 1 saturated heterocycles. The molecule has 2 heterocycles. The molecule has 5 nitrogen and oxygen atoms in total. The number of carbonyl (C=O) groups excluding carboxylic acids is 1. The Kier molecular flexibility index (Phi) is 7.18. The highest BCUT2D eigenvalue weighted by Crippen LogP contribution is 2.18. The van der Waals surface area contributed by atoms with Gasteiger partial charge in [0.2, 0.25) is 0 Å². The summed E-state index contributed by atoms with van der Waals surface area (Å²) in [4.78, 5) is 19.0. The molecule has 1 aromatic heterocycles. The fraction of sp³-hybridized carbons (Fsp3) is 0.478. The molecule has 28 heavy (non-hydrogen) atoms. The normalized spacial score (nSPS) is 17.1. The van der Waals surface area contributed by atoms with E-state index in [4.69, 9.17) is 4.74 Å². The standard InChI is InChI=1S/C23H31N3O2/c1-17(2)26(16-22-6-4-5-13-28-22)15-19-8-11-21(12-9-19)25-23(27)20-10-7-18(3)24-14-20/h7-12,14,17,22H,4-6,13,15-16H2,1-3H3,(H,25,27)/t22-/m0/s1. The number of aromatic nitrogens is 1. The maximum Gasteiger partial charge on any atom is 0.257 e. The Labute approximate surface area is 168 Å². The van der Waals surface area contributed by atoms with Crippen LogP contribution in [-0.4, -0.2) is 41.1 Å². The Bertz CT molecular complexity index is 750. The van der Waals surface area contributed by atoms with Crippen LogP contribution in [0, 0.1) is 6.92 Å². The molecule has 0 saturated carbocycles. The van der Waals surface area contributed by atoms with E-state index in [1.54, 1.807) is 12.3 Å². The minimum absolute atomic E-state index is 0.140. The molecule has 1 aliphatic heterocycles.